The number of carbonyl (C=O) groups excluding carboxylic acids is 2. The number of halogens is 3. The molecule has 7 rings (SSSR count). The van der Waals surface area contributed by atoms with Crippen molar-refractivity contribution in [2.75, 3.05) is 13.7 Å². The van der Waals surface area contributed by atoms with E-state index in [2.05, 4.69) is 10.0 Å². The lowest BCUT2D eigenvalue weighted by Gasteiger charge is -2.49. The number of nitrogens with one attached hydrogen (secondary N) is 1. The molecule has 4 unspecified atom stereocenters. The van der Waals surface area contributed by atoms with Crippen molar-refractivity contribution in [2.45, 2.75) is 91.6 Å². The maximum atomic E-state index is 14.0. The molecule has 2 saturated heterocycles. The summed E-state index contributed by atoms with van der Waals surface area (Å²) in [6.45, 7) is -0.446. The summed E-state index contributed by atoms with van der Waals surface area (Å²) in [5.41, 5.74) is 13.5. The summed E-state index contributed by atoms with van der Waals surface area (Å²) in [7, 11) is 1.14. The van der Waals surface area contributed by atoms with Crippen LogP contribution >= 0.6 is 34.8 Å². The number of nitrogens with zero attached hydrogens (tertiary/aromatic N) is 3. The average molecular weight is 1000 g/mol. The molecule has 0 amide bonds. The van der Waals surface area contributed by atoms with Crippen LogP contribution in [0.15, 0.2) is 157 Å². The van der Waals surface area contributed by atoms with Crippen LogP contribution in [0, 0.1) is 5.41 Å². The molecule has 1 N–H and O–H groups in total. The van der Waals surface area contributed by atoms with E-state index in [1.165, 1.54) is 0 Å². The van der Waals surface area contributed by atoms with E-state index in [1.807, 2.05) is 121 Å². The van der Waals surface area contributed by atoms with Crippen molar-refractivity contribution in [1.82, 2.24) is 0 Å². The lowest BCUT2D eigenvalue weighted by Crippen LogP contribution is -2.66. The second-order valence-electron chi connectivity index (χ2n) is 15.7. The molecule has 2 fully saturated rings. The molecule has 19 heteroatoms. The van der Waals surface area contributed by atoms with E-state index in [0.29, 0.717) is 0 Å². The maximum Gasteiger partial charge on any atom is 0.338 e. The zero-order valence-electron chi connectivity index (χ0n) is 37.1. The van der Waals surface area contributed by atoms with Gasteiger partial charge in [-0.25, -0.2) is 9.59 Å². The van der Waals surface area contributed by atoms with E-state index in [1.54, 1.807) is 30.3 Å². The molecule has 10 atom stereocenters. The van der Waals surface area contributed by atoms with Crippen LogP contribution in [0.5, 0.6) is 0 Å². The van der Waals surface area contributed by atoms with Crippen LogP contribution in [-0.2, 0) is 78.6 Å². The predicted octanol–water partition coefficient (Wildman–Crippen LogP) is 9.24. The molecule has 5 aromatic carbocycles. The first-order valence-electron chi connectivity index (χ1n) is 21.8. The molecule has 16 nitrogen and oxygen atoms in total. The fourth-order valence-corrected chi connectivity index (χ4v) is 7.79. The van der Waals surface area contributed by atoms with Gasteiger partial charge in [-0.05, 0) is 39.9 Å². The van der Waals surface area contributed by atoms with E-state index in [9.17, 15) is 15.1 Å². The van der Waals surface area contributed by atoms with Gasteiger partial charge in [0.2, 0.25) is 12.2 Å². The minimum Gasteiger partial charge on any atom is -0.467 e. The first-order valence-corrected chi connectivity index (χ1v) is 22.9. The molecular weight excluding hydrogens is 955 g/mol. The van der Waals surface area contributed by atoms with Crippen LogP contribution < -0.4 is 0 Å². The Labute approximate surface area is 413 Å². The van der Waals surface area contributed by atoms with E-state index < -0.39 is 89.6 Å². The van der Waals surface area contributed by atoms with Crippen molar-refractivity contribution in [3.8, 4) is 0 Å². The number of methoxy groups -OCH3 is 1. The third kappa shape index (κ3) is 14.3. The Morgan fingerprint density at radius 1 is 0.623 bits per heavy atom. The zero-order valence-corrected chi connectivity index (χ0v) is 39.4. The topological polar surface area (TPSA) is 199 Å². The van der Waals surface area contributed by atoms with Crippen LogP contribution in [-0.4, -0.2) is 96.7 Å². The van der Waals surface area contributed by atoms with Crippen LogP contribution in [0.3, 0.4) is 0 Å². The highest BCUT2D eigenvalue weighted by atomic mass is 35.6. The number of alkyl halides is 3. The number of azide groups is 1. The zero-order chi connectivity index (χ0) is 48.6. The van der Waals surface area contributed by atoms with Gasteiger partial charge in [0.25, 0.3) is 3.79 Å². The van der Waals surface area contributed by atoms with Crippen molar-refractivity contribution in [3.63, 3.8) is 0 Å². The Hall–Kier alpha value is -5.59. The summed E-state index contributed by atoms with van der Waals surface area (Å²) < 4.78 is 61.0. The van der Waals surface area contributed by atoms with Gasteiger partial charge in [-0.1, -0.05) is 179 Å². The molecule has 69 heavy (non-hydrogen) atoms. The van der Waals surface area contributed by atoms with Gasteiger partial charge in [0.15, 0.2) is 12.4 Å². The quantitative estimate of drug-likeness (QED) is 0.0148. The largest absolute Gasteiger partial charge is 0.467 e. The number of carbonyl (C=O) groups is 2. The number of hydrogen-bond acceptors (Lipinski definition) is 14. The van der Waals surface area contributed by atoms with E-state index in [0.717, 1.165) is 29.4 Å². The summed E-state index contributed by atoms with van der Waals surface area (Å²) >= 11 is 18.3. The summed E-state index contributed by atoms with van der Waals surface area (Å²) in [6.07, 6.45) is -12.6. The first kappa shape index (κ1) is 51.3. The van der Waals surface area contributed by atoms with Crippen molar-refractivity contribution < 1.29 is 57.0 Å². The second-order valence-corrected chi connectivity index (χ2v) is 18.0. The number of ether oxygens (including phenoxy) is 10. The highest BCUT2D eigenvalue weighted by Crippen LogP contribution is 2.38. The van der Waals surface area contributed by atoms with E-state index in [-0.39, 0.29) is 32.0 Å². The fourth-order valence-electron chi connectivity index (χ4n) is 7.66. The van der Waals surface area contributed by atoms with Gasteiger partial charge in [0.1, 0.15) is 49.3 Å². The van der Waals surface area contributed by atoms with Crippen molar-refractivity contribution in [3.05, 3.63) is 190 Å². The van der Waals surface area contributed by atoms with Crippen LogP contribution in [0.25, 0.3) is 10.4 Å². The van der Waals surface area contributed by atoms with Gasteiger partial charge in [-0.2, -0.15) is 0 Å². The monoisotopic (exact) mass is 1000 g/mol. The molecule has 2 aliphatic heterocycles. The third-order valence-electron chi connectivity index (χ3n) is 11.0. The smallest absolute Gasteiger partial charge is 0.338 e. The Morgan fingerprint density at radius 2 is 1.07 bits per heavy atom. The number of rotatable bonds is 20. The van der Waals surface area contributed by atoms with E-state index in [4.69, 9.17) is 87.6 Å². The standard InChI is InChI=1S/C50H49Cl3N4O12/c1-60-46(59)43-42(41(63-29-34-21-11-4-12-22-34)44(64-30-35-23-13-5-14-24-35)48(68-43)69-49(54)50(51,52)53)67-47-38(56-57-55)40(62-28-33-19-9-3-10-20-33)39(61-27-32-17-7-2-8-18-32)37(66-47)31-65-45(58)36-25-15-6-16-26-36/h2-26,37-44,47-48,54H,27-31H2,1H3/t37?,38?,39-,40-,41+,42+,43?,44?,47+,48+/m1/s1. The Bertz CT molecular complexity index is 2440. The van der Waals surface area contributed by atoms with Crippen LogP contribution in [0.2, 0.25) is 0 Å². The summed E-state index contributed by atoms with van der Waals surface area (Å²) in [4.78, 5) is 30.7. The summed E-state index contributed by atoms with van der Waals surface area (Å²) in [6, 6.07) is 43.9. The molecule has 2 aliphatic rings. The Morgan fingerprint density at radius 3 is 1.54 bits per heavy atom. The van der Waals surface area contributed by atoms with Gasteiger partial charge in [-0.3, -0.25) is 5.41 Å². The van der Waals surface area contributed by atoms with Crippen LogP contribution in [0.1, 0.15) is 32.6 Å². The van der Waals surface area contributed by atoms with E-state index >= 15 is 0 Å². The molecule has 0 bridgehead atoms. The Balaban J connectivity index is 1.31. The molecule has 0 radical (unpaired) electrons. The third-order valence-corrected chi connectivity index (χ3v) is 11.6. The normalized spacial score (nSPS) is 24.6. The van der Waals surface area contributed by atoms with Crippen molar-refractivity contribution in [1.29, 1.82) is 5.41 Å². The van der Waals surface area contributed by atoms with Crippen LogP contribution in [0.4, 0.5) is 0 Å². The Kier molecular flexibility index (Phi) is 18.8. The highest BCUT2D eigenvalue weighted by molar-refractivity contribution is 6.76. The van der Waals surface area contributed by atoms with Gasteiger partial charge >= 0.3 is 11.9 Å². The molecule has 0 saturated carbocycles. The number of benzene rings is 5. The highest BCUT2D eigenvalue weighted by Gasteiger charge is 2.57. The minimum absolute atomic E-state index is 0.0150. The summed E-state index contributed by atoms with van der Waals surface area (Å²) in [5.74, 6) is -2.46. The van der Waals surface area contributed by atoms with Gasteiger partial charge in [-0.15, -0.1) is 0 Å². The van der Waals surface area contributed by atoms with Gasteiger partial charge < -0.3 is 47.4 Å². The maximum absolute atomic E-state index is 14.0. The number of hydrogen-bond donors (Lipinski definition) is 1. The van der Waals surface area contributed by atoms with Gasteiger partial charge in [0, 0.05) is 4.91 Å². The van der Waals surface area contributed by atoms with Crippen molar-refractivity contribution in [2.24, 2.45) is 5.11 Å². The number of esters is 2. The second kappa shape index (κ2) is 25.3. The summed E-state index contributed by atoms with van der Waals surface area (Å²) in [5, 5.41) is 12.7. The fraction of sp³-hybridized carbons (Fsp3) is 0.340. The molecule has 0 aromatic heterocycles. The average Bonchev–Trinajstić information content (AvgIpc) is 3.37. The van der Waals surface area contributed by atoms with Gasteiger partial charge in [0.05, 0.1) is 39.1 Å². The first-order chi connectivity index (χ1) is 33.5. The SMILES string of the molecule is COC(=O)C1O[C@@H](OC(=N)C(Cl)(Cl)Cl)C(OCc2ccccc2)[C@@H](OCc2ccccc2)[C@@H]1O[C@@H]1OC(COC(=O)c2ccccc2)[C@@H](OCc2ccccc2)[C@H](OCc2ccccc2)C1N=[N+]=[N-]. The molecule has 2 heterocycles. The molecule has 0 aliphatic carbocycles. The molecule has 5 aromatic rings. The predicted molar refractivity (Wildman–Crippen MR) is 253 cm³/mol. The molecule has 0 spiro atoms. The lowest BCUT2D eigenvalue weighted by atomic mass is 9.94. The van der Waals surface area contributed by atoms with Crippen molar-refractivity contribution >= 4 is 52.6 Å². The molecule has 362 valence electrons. The minimum atomic E-state index is -2.35. The molecular formula is C50H49Cl3N4O12. The lowest BCUT2D eigenvalue weighted by molar-refractivity contribution is -0.346.